The normalized spacial score (nSPS) is 28.8. The third-order valence-corrected chi connectivity index (χ3v) is 4.79. The average molecular weight is 260 g/mol. The van der Waals surface area contributed by atoms with Crippen LogP contribution in [0.15, 0.2) is 12.1 Å². The molecule has 0 spiro atoms. The zero-order chi connectivity index (χ0) is 13.2. The summed E-state index contributed by atoms with van der Waals surface area (Å²) in [6, 6.07) is 4.08. The summed E-state index contributed by atoms with van der Waals surface area (Å²) in [6.07, 6.45) is 6.48. The van der Waals surface area contributed by atoms with E-state index in [2.05, 4.69) is 11.1 Å². The van der Waals surface area contributed by atoms with Crippen LogP contribution in [0.3, 0.4) is 0 Å². The molecule has 1 aromatic heterocycles. The molecule has 0 amide bonds. The largest absolute Gasteiger partial charge is 0.491 e. The van der Waals surface area contributed by atoms with Crippen molar-refractivity contribution >= 4 is 0 Å². The zero-order valence-electron chi connectivity index (χ0n) is 11.8. The second kappa shape index (κ2) is 5.49. The van der Waals surface area contributed by atoms with Crippen molar-refractivity contribution in [2.75, 3.05) is 13.2 Å². The highest BCUT2D eigenvalue weighted by molar-refractivity contribution is 5.29. The zero-order valence-corrected chi connectivity index (χ0v) is 11.8. The van der Waals surface area contributed by atoms with E-state index in [4.69, 9.17) is 10.5 Å². The molecule has 2 fully saturated rings. The molecule has 0 saturated heterocycles. The van der Waals surface area contributed by atoms with Gasteiger partial charge in [-0.2, -0.15) is 0 Å². The second-order valence-electron chi connectivity index (χ2n) is 6.18. The van der Waals surface area contributed by atoms with Gasteiger partial charge in [-0.3, -0.25) is 4.98 Å². The highest BCUT2D eigenvalue weighted by Gasteiger charge is 2.39. The standard InChI is InChI=1S/C16H24N2O/c1-11-2-5-16(15(18-11)6-7-17)19-10-14-9-12-3-4-13(14)8-12/h2,5,12-14H,3-4,6-10,17H2,1H3. The third-order valence-electron chi connectivity index (χ3n) is 4.79. The van der Waals surface area contributed by atoms with Crippen molar-refractivity contribution in [3.63, 3.8) is 0 Å². The van der Waals surface area contributed by atoms with Crippen LogP contribution in [0.25, 0.3) is 0 Å². The van der Waals surface area contributed by atoms with E-state index >= 15 is 0 Å². The predicted octanol–water partition coefficient (Wildman–Crippen LogP) is 2.71. The fourth-order valence-electron chi connectivity index (χ4n) is 3.82. The summed E-state index contributed by atoms with van der Waals surface area (Å²) < 4.78 is 6.06. The Kier molecular flexibility index (Phi) is 3.74. The fraction of sp³-hybridized carbons (Fsp3) is 0.688. The van der Waals surface area contributed by atoms with E-state index in [1.807, 2.05) is 13.0 Å². The first kappa shape index (κ1) is 12.9. The van der Waals surface area contributed by atoms with E-state index in [9.17, 15) is 0 Å². The highest BCUT2D eigenvalue weighted by Crippen LogP contribution is 2.48. The van der Waals surface area contributed by atoms with Gasteiger partial charge in [0.15, 0.2) is 0 Å². The molecule has 3 rings (SSSR count). The minimum atomic E-state index is 0.626. The number of aryl methyl sites for hydroxylation is 1. The number of rotatable bonds is 5. The van der Waals surface area contributed by atoms with Crippen molar-refractivity contribution < 1.29 is 4.74 Å². The van der Waals surface area contributed by atoms with Gasteiger partial charge in [0.05, 0.1) is 12.3 Å². The third kappa shape index (κ3) is 2.76. The Bertz CT molecular complexity index is 446. The molecular formula is C16H24N2O. The maximum absolute atomic E-state index is 6.06. The molecule has 19 heavy (non-hydrogen) atoms. The maximum atomic E-state index is 6.06. The lowest BCUT2D eigenvalue weighted by molar-refractivity contribution is 0.193. The molecule has 3 heteroatoms. The van der Waals surface area contributed by atoms with Crippen LogP contribution in [0.5, 0.6) is 5.75 Å². The number of ether oxygens (including phenoxy) is 1. The average Bonchev–Trinajstić information content (AvgIpc) is 3.00. The van der Waals surface area contributed by atoms with Crippen molar-refractivity contribution in [3.8, 4) is 5.75 Å². The molecule has 104 valence electrons. The number of hydrogen-bond acceptors (Lipinski definition) is 3. The van der Waals surface area contributed by atoms with Crippen LogP contribution in [0, 0.1) is 24.7 Å². The summed E-state index contributed by atoms with van der Waals surface area (Å²) in [4.78, 5) is 4.55. The monoisotopic (exact) mass is 260 g/mol. The van der Waals surface area contributed by atoms with E-state index in [1.54, 1.807) is 0 Å². The van der Waals surface area contributed by atoms with Gasteiger partial charge < -0.3 is 10.5 Å². The summed E-state index contributed by atoms with van der Waals surface area (Å²) in [5.41, 5.74) is 7.71. The fourth-order valence-corrected chi connectivity index (χ4v) is 3.82. The number of nitrogens with two attached hydrogens (primary N) is 1. The van der Waals surface area contributed by atoms with Gasteiger partial charge in [-0.25, -0.2) is 0 Å². The SMILES string of the molecule is Cc1ccc(OCC2CC3CCC2C3)c(CCN)n1. The van der Waals surface area contributed by atoms with Gasteiger partial charge in [-0.1, -0.05) is 6.42 Å². The van der Waals surface area contributed by atoms with Crippen LogP contribution in [-0.2, 0) is 6.42 Å². The lowest BCUT2D eigenvalue weighted by atomic mass is 9.89. The Morgan fingerprint density at radius 1 is 1.32 bits per heavy atom. The van der Waals surface area contributed by atoms with Crippen LogP contribution in [-0.4, -0.2) is 18.1 Å². The molecule has 2 aliphatic carbocycles. The Balaban J connectivity index is 1.63. The van der Waals surface area contributed by atoms with E-state index in [0.29, 0.717) is 6.54 Å². The number of nitrogens with zero attached hydrogens (tertiary/aromatic N) is 1. The van der Waals surface area contributed by atoms with Crippen molar-refractivity contribution in [3.05, 3.63) is 23.5 Å². The molecule has 3 nitrogen and oxygen atoms in total. The Morgan fingerprint density at radius 3 is 2.89 bits per heavy atom. The van der Waals surface area contributed by atoms with Crippen molar-refractivity contribution in [2.24, 2.45) is 23.5 Å². The molecule has 0 aliphatic heterocycles. The Morgan fingerprint density at radius 2 is 2.21 bits per heavy atom. The summed E-state index contributed by atoms with van der Waals surface area (Å²) in [5, 5.41) is 0. The summed E-state index contributed by atoms with van der Waals surface area (Å²) in [6.45, 7) is 3.50. The molecule has 1 aromatic rings. The van der Waals surface area contributed by atoms with Gasteiger partial charge in [0.25, 0.3) is 0 Å². The second-order valence-corrected chi connectivity index (χ2v) is 6.18. The van der Waals surface area contributed by atoms with E-state index < -0.39 is 0 Å². The molecule has 1 heterocycles. The summed E-state index contributed by atoms with van der Waals surface area (Å²) >= 11 is 0. The molecular weight excluding hydrogens is 236 g/mol. The molecule has 0 aromatic carbocycles. The first-order valence-corrected chi connectivity index (χ1v) is 7.55. The van der Waals surface area contributed by atoms with Crippen LogP contribution < -0.4 is 10.5 Å². The molecule has 2 bridgehead atoms. The highest BCUT2D eigenvalue weighted by atomic mass is 16.5. The Hall–Kier alpha value is -1.09. The van der Waals surface area contributed by atoms with Gasteiger partial charge >= 0.3 is 0 Å². The smallest absolute Gasteiger partial charge is 0.140 e. The minimum Gasteiger partial charge on any atom is -0.491 e. The number of aromatic nitrogens is 1. The van der Waals surface area contributed by atoms with Gasteiger partial charge in [0, 0.05) is 12.1 Å². The molecule has 3 unspecified atom stereocenters. The van der Waals surface area contributed by atoms with Gasteiger partial charge in [0.1, 0.15) is 5.75 Å². The maximum Gasteiger partial charge on any atom is 0.140 e. The lowest BCUT2D eigenvalue weighted by Gasteiger charge is -2.22. The first-order valence-electron chi connectivity index (χ1n) is 7.55. The minimum absolute atomic E-state index is 0.626. The molecule has 3 atom stereocenters. The number of pyridine rings is 1. The van der Waals surface area contributed by atoms with Gasteiger partial charge in [-0.05, 0) is 62.6 Å². The van der Waals surface area contributed by atoms with Crippen molar-refractivity contribution in [1.29, 1.82) is 0 Å². The summed E-state index contributed by atoms with van der Waals surface area (Å²) in [5.74, 6) is 3.62. The van der Waals surface area contributed by atoms with Gasteiger partial charge in [0.2, 0.25) is 0 Å². The van der Waals surface area contributed by atoms with Crippen molar-refractivity contribution in [1.82, 2.24) is 4.98 Å². The van der Waals surface area contributed by atoms with Crippen LogP contribution in [0.2, 0.25) is 0 Å². The van der Waals surface area contributed by atoms with Crippen LogP contribution >= 0.6 is 0 Å². The van der Waals surface area contributed by atoms with E-state index in [-0.39, 0.29) is 0 Å². The lowest BCUT2D eigenvalue weighted by Crippen LogP contribution is -2.19. The molecule has 0 radical (unpaired) electrons. The van der Waals surface area contributed by atoms with E-state index in [1.165, 1.54) is 25.7 Å². The molecule has 2 aliphatic rings. The topological polar surface area (TPSA) is 48.1 Å². The first-order chi connectivity index (χ1) is 9.26. The molecule has 2 saturated carbocycles. The Labute approximate surface area is 115 Å². The number of fused-ring (bicyclic) bond motifs is 2. The molecule has 2 N–H and O–H groups in total. The van der Waals surface area contributed by atoms with Crippen LogP contribution in [0.4, 0.5) is 0 Å². The van der Waals surface area contributed by atoms with E-state index in [0.717, 1.165) is 47.9 Å². The quantitative estimate of drug-likeness (QED) is 0.885. The van der Waals surface area contributed by atoms with Crippen LogP contribution in [0.1, 0.15) is 37.1 Å². The predicted molar refractivity (Wildman–Crippen MR) is 76.2 cm³/mol. The van der Waals surface area contributed by atoms with Gasteiger partial charge in [-0.15, -0.1) is 0 Å². The number of hydrogen-bond donors (Lipinski definition) is 1. The van der Waals surface area contributed by atoms with Crippen molar-refractivity contribution in [2.45, 2.75) is 39.0 Å². The summed E-state index contributed by atoms with van der Waals surface area (Å²) in [7, 11) is 0.